The molecule has 0 amide bonds. The van der Waals surface area contributed by atoms with E-state index in [2.05, 4.69) is 21.9 Å². The summed E-state index contributed by atoms with van der Waals surface area (Å²) in [4.78, 5) is 4.85. The van der Waals surface area contributed by atoms with Crippen molar-refractivity contribution in [2.24, 2.45) is 0 Å². The largest absolute Gasteiger partial charge is 0.497 e. The first kappa shape index (κ1) is 19.2. The number of hydrogen-bond acceptors (Lipinski definition) is 6. The fourth-order valence-corrected chi connectivity index (χ4v) is 3.44. The minimum atomic E-state index is 0.632. The third-order valence-electron chi connectivity index (χ3n) is 4.94. The summed E-state index contributed by atoms with van der Waals surface area (Å²) in [6, 6.07) is 12.3. The molecule has 0 aliphatic carbocycles. The molecule has 2 aromatic carbocycles. The highest BCUT2D eigenvalue weighted by Gasteiger charge is 2.19. The van der Waals surface area contributed by atoms with Crippen LogP contribution in [-0.4, -0.2) is 59.5 Å². The van der Waals surface area contributed by atoms with Gasteiger partial charge in [0.25, 0.3) is 0 Å². The molecule has 146 valence electrons. The van der Waals surface area contributed by atoms with E-state index in [1.807, 2.05) is 24.3 Å². The lowest BCUT2D eigenvalue weighted by Crippen LogP contribution is -2.45. The molecule has 0 radical (unpaired) electrons. The highest BCUT2D eigenvalue weighted by molar-refractivity contribution is 5.54. The second-order valence-corrected chi connectivity index (χ2v) is 6.49. The van der Waals surface area contributed by atoms with Crippen LogP contribution in [0, 0.1) is 0 Å². The van der Waals surface area contributed by atoms with Crippen molar-refractivity contribution in [1.29, 1.82) is 0 Å². The van der Waals surface area contributed by atoms with Gasteiger partial charge in [0.1, 0.15) is 5.75 Å². The maximum atomic E-state index is 5.46. The summed E-state index contributed by atoms with van der Waals surface area (Å²) in [5.41, 5.74) is 2.39. The van der Waals surface area contributed by atoms with Crippen molar-refractivity contribution in [3.63, 3.8) is 0 Å². The Balaban J connectivity index is 1.63. The van der Waals surface area contributed by atoms with Gasteiger partial charge in [-0.15, -0.1) is 0 Å². The summed E-state index contributed by atoms with van der Waals surface area (Å²) in [5.74, 6) is 2.92. The van der Waals surface area contributed by atoms with E-state index in [1.54, 1.807) is 28.4 Å². The molecule has 1 heterocycles. The third kappa shape index (κ3) is 4.39. The van der Waals surface area contributed by atoms with Crippen molar-refractivity contribution in [2.45, 2.75) is 6.54 Å². The Kier molecular flexibility index (Phi) is 6.29. The fraction of sp³-hybridized carbons (Fsp3) is 0.429. The molecular weight excluding hydrogens is 344 g/mol. The Morgan fingerprint density at radius 3 is 1.81 bits per heavy atom. The molecule has 1 aliphatic heterocycles. The van der Waals surface area contributed by atoms with Crippen molar-refractivity contribution in [3.05, 3.63) is 42.0 Å². The van der Waals surface area contributed by atoms with Crippen LogP contribution in [0.3, 0.4) is 0 Å². The van der Waals surface area contributed by atoms with Crippen molar-refractivity contribution in [1.82, 2.24) is 4.90 Å². The summed E-state index contributed by atoms with van der Waals surface area (Å²) in [6.45, 7) is 4.85. The molecule has 0 atom stereocenters. The van der Waals surface area contributed by atoms with Gasteiger partial charge in [-0.1, -0.05) is 0 Å². The Morgan fingerprint density at radius 1 is 0.741 bits per heavy atom. The lowest BCUT2D eigenvalue weighted by atomic mass is 10.1. The predicted molar refractivity (Wildman–Crippen MR) is 107 cm³/mol. The highest BCUT2D eigenvalue weighted by atomic mass is 16.5. The van der Waals surface area contributed by atoms with Crippen molar-refractivity contribution in [2.75, 3.05) is 59.5 Å². The average molecular weight is 372 g/mol. The van der Waals surface area contributed by atoms with Gasteiger partial charge in [-0.3, -0.25) is 4.90 Å². The fourth-order valence-electron chi connectivity index (χ4n) is 3.44. The summed E-state index contributed by atoms with van der Waals surface area (Å²) >= 11 is 0. The molecule has 6 nitrogen and oxygen atoms in total. The third-order valence-corrected chi connectivity index (χ3v) is 4.94. The number of methoxy groups -OCH3 is 4. The number of anilines is 1. The zero-order valence-corrected chi connectivity index (χ0v) is 16.5. The molecular formula is C21H28N2O4. The van der Waals surface area contributed by atoms with E-state index >= 15 is 0 Å². The predicted octanol–water partition coefficient (Wildman–Crippen LogP) is 3.04. The number of rotatable bonds is 7. The monoisotopic (exact) mass is 372 g/mol. The molecule has 0 spiro atoms. The van der Waals surface area contributed by atoms with E-state index in [1.165, 1.54) is 5.69 Å². The van der Waals surface area contributed by atoms with E-state index in [-0.39, 0.29) is 0 Å². The highest BCUT2D eigenvalue weighted by Crippen LogP contribution is 2.38. The van der Waals surface area contributed by atoms with E-state index in [0.29, 0.717) is 17.2 Å². The van der Waals surface area contributed by atoms with Crippen LogP contribution in [0.5, 0.6) is 23.0 Å². The molecule has 0 unspecified atom stereocenters. The van der Waals surface area contributed by atoms with Crippen molar-refractivity contribution >= 4 is 5.69 Å². The van der Waals surface area contributed by atoms with Gasteiger partial charge in [0.2, 0.25) is 5.75 Å². The van der Waals surface area contributed by atoms with Crippen molar-refractivity contribution < 1.29 is 18.9 Å². The number of nitrogens with zero attached hydrogens (tertiary/aromatic N) is 2. The van der Waals surface area contributed by atoms with Crippen LogP contribution in [0.25, 0.3) is 0 Å². The molecule has 1 saturated heterocycles. The second kappa shape index (κ2) is 8.86. The Morgan fingerprint density at radius 2 is 1.33 bits per heavy atom. The summed E-state index contributed by atoms with van der Waals surface area (Å²) in [7, 11) is 6.61. The molecule has 0 N–H and O–H groups in total. The second-order valence-electron chi connectivity index (χ2n) is 6.49. The van der Waals surface area contributed by atoms with Gasteiger partial charge in [0.05, 0.1) is 28.4 Å². The smallest absolute Gasteiger partial charge is 0.203 e. The van der Waals surface area contributed by atoms with Crippen LogP contribution in [0.4, 0.5) is 5.69 Å². The van der Waals surface area contributed by atoms with Crippen LogP contribution < -0.4 is 23.8 Å². The van der Waals surface area contributed by atoms with Gasteiger partial charge < -0.3 is 23.8 Å². The maximum absolute atomic E-state index is 5.46. The van der Waals surface area contributed by atoms with Gasteiger partial charge in [-0.05, 0) is 42.0 Å². The van der Waals surface area contributed by atoms with Gasteiger partial charge in [0.15, 0.2) is 11.5 Å². The molecule has 2 aromatic rings. The average Bonchev–Trinajstić information content (AvgIpc) is 2.73. The van der Waals surface area contributed by atoms with Gasteiger partial charge in [0, 0.05) is 38.4 Å². The SMILES string of the molecule is COc1ccc(N2CCN(Cc3cc(OC)c(OC)c(OC)c3)CC2)cc1. The summed E-state index contributed by atoms with van der Waals surface area (Å²) < 4.78 is 21.6. The topological polar surface area (TPSA) is 43.4 Å². The molecule has 6 heteroatoms. The summed E-state index contributed by atoms with van der Waals surface area (Å²) in [6.07, 6.45) is 0. The zero-order valence-electron chi connectivity index (χ0n) is 16.5. The molecule has 0 saturated carbocycles. The van der Waals surface area contributed by atoms with Crippen LogP contribution in [-0.2, 0) is 6.54 Å². The van der Waals surface area contributed by atoms with E-state index in [4.69, 9.17) is 18.9 Å². The lowest BCUT2D eigenvalue weighted by Gasteiger charge is -2.36. The first-order valence-electron chi connectivity index (χ1n) is 9.08. The minimum Gasteiger partial charge on any atom is -0.497 e. The lowest BCUT2D eigenvalue weighted by molar-refractivity contribution is 0.248. The van der Waals surface area contributed by atoms with Crippen LogP contribution in [0.15, 0.2) is 36.4 Å². The van der Waals surface area contributed by atoms with E-state index in [9.17, 15) is 0 Å². The molecule has 1 fully saturated rings. The maximum Gasteiger partial charge on any atom is 0.203 e. The molecule has 3 rings (SSSR count). The summed E-state index contributed by atoms with van der Waals surface area (Å²) in [5, 5.41) is 0. The van der Waals surface area contributed by atoms with Crippen molar-refractivity contribution in [3.8, 4) is 23.0 Å². The number of ether oxygens (including phenoxy) is 4. The van der Waals surface area contributed by atoms with E-state index < -0.39 is 0 Å². The van der Waals surface area contributed by atoms with E-state index in [0.717, 1.165) is 44.0 Å². The Labute approximate surface area is 161 Å². The number of hydrogen-bond donors (Lipinski definition) is 0. The first-order chi connectivity index (χ1) is 13.2. The van der Waals surface area contributed by atoms with Gasteiger partial charge in [-0.2, -0.15) is 0 Å². The molecule has 27 heavy (non-hydrogen) atoms. The molecule has 1 aliphatic rings. The van der Waals surface area contributed by atoms with Crippen LogP contribution in [0.2, 0.25) is 0 Å². The molecule has 0 aromatic heterocycles. The number of piperazine rings is 1. The molecule has 0 bridgehead atoms. The first-order valence-corrected chi connectivity index (χ1v) is 9.08. The van der Waals surface area contributed by atoms with Gasteiger partial charge >= 0.3 is 0 Å². The Hall–Kier alpha value is -2.60. The Bertz CT molecular complexity index is 715. The standard InChI is InChI=1S/C21H28N2O4/c1-24-18-7-5-17(6-8-18)23-11-9-22(10-12-23)15-16-13-19(25-2)21(27-4)20(14-16)26-3/h5-8,13-14H,9-12,15H2,1-4H3. The zero-order chi connectivity index (χ0) is 19.2. The number of benzene rings is 2. The van der Waals surface area contributed by atoms with Gasteiger partial charge in [-0.25, -0.2) is 0 Å². The minimum absolute atomic E-state index is 0.632. The normalized spacial score (nSPS) is 14.7. The van der Waals surface area contributed by atoms with Crippen LogP contribution >= 0.6 is 0 Å². The quantitative estimate of drug-likeness (QED) is 0.744. The van der Waals surface area contributed by atoms with Crippen LogP contribution in [0.1, 0.15) is 5.56 Å².